The minimum Gasteiger partial charge on any atom is -0.451 e. The monoisotopic (exact) mass is 256 g/mol. The van der Waals surface area contributed by atoms with Gasteiger partial charge < -0.3 is 9.52 Å². The Labute approximate surface area is 89.3 Å². The van der Waals surface area contributed by atoms with Gasteiger partial charge in [-0.3, -0.25) is 4.68 Å². The summed E-state index contributed by atoms with van der Waals surface area (Å²) in [5.74, 6) is 0.482. The summed E-state index contributed by atoms with van der Waals surface area (Å²) in [5, 5.41) is 13.9. The SMILES string of the molecule is Cn1ccc(C(O)c2ccc(Br)o2)n1. The zero-order valence-electron chi connectivity index (χ0n) is 7.51. The second-order valence-electron chi connectivity index (χ2n) is 2.96. The lowest BCUT2D eigenvalue weighted by Crippen LogP contribution is -2.00. The van der Waals surface area contributed by atoms with E-state index in [-0.39, 0.29) is 0 Å². The van der Waals surface area contributed by atoms with Crippen LogP contribution in [0.2, 0.25) is 0 Å². The predicted molar refractivity (Wildman–Crippen MR) is 53.7 cm³/mol. The van der Waals surface area contributed by atoms with Crippen LogP contribution in [0.4, 0.5) is 0 Å². The molecule has 0 bridgehead atoms. The van der Waals surface area contributed by atoms with Crippen LogP contribution in [0, 0.1) is 0 Å². The molecular formula is C9H9BrN2O2. The van der Waals surface area contributed by atoms with Crippen LogP contribution >= 0.6 is 15.9 Å². The Morgan fingerprint density at radius 1 is 1.50 bits per heavy atom. The third kappa shape index (κ3) is 1.73. The Balaban J connectivity index is 2.28. The Kier molecular flexibility index (Phi) is 2.43. The topological polar surface area (TPSA) is 51.2 Å². The number of aryl methyl sites for hydroxylation is 1. The number of hydrogen-bond donors (Lipinski definition) is 1. The minimum absolute atomic E-state index is 0.482. The van der Waals surface area contributed by atoms with E-state index in [0.29, 0.717) is 16.1 Å². The number of nitrogens with zero attached hydrogens (tertiary/aromatic N) is 2. The molecule has 5 heteroatoms. The summed E-state index contributed by atoms with van der Waals surface area (Å²) < 4.78 is 7.46. The molecule has 2 heterocycles. The van der Waals surface area contributed by atoms with Crippen LogP contribution in [0.15, 0.2) is 33.5 Å². The normalized spacial score (nSPS) is 13.1. The van der Waals surface area contributed by atoms with E-state index in [4.69, 9.17) is 4.42 Å². The predicted octanol–water partition coefficient (Wildman–Crippen LogP) is 1.86. The molecule has 14 heavy (non-hydrogen) atoms. The molecule has 0 aromatic carbocycles. The Morgan fingerprint density at radius 2 is 2.29 bits per heavy atom. The fourth-order valence-electron chi connectivity index (χ4n) is 1.20. The summed E-state index contributed by atoms with van der Waals surface area (Å²) in [6.45, 7) is 0. The number of halogens is 1. The lowest BCUT2D eigenvalue weighted by molar-refractivity contribution is 0.182. The van der Waals surface area contributed by atoms with E-state index < -0.39 is 6.10 Å². The van der Waals surface area contributed by atoms with Gasteiger partial charge in [-0.1, -0.05) is 0 Å². The number of hydrogen-bond acceptors (Lipinski definition) is 3. The summed E-state index contributed by atoms with van der Waals surface area (Å²) in [6.07, 6.45) is 0.971. The first-order valence-electron chi connectivity index (χ1n) is 4.09. The second-order valence-corrected chi connectivity index (χ2v) is 3.74. The molecule has 0 aliphatic rings. The highest BCUT2D eigenvalue weighted by Gasteiger charge is 2.16. The lowest BCUT2D eigenvalue weighted by atomic mass is 10.2. The lowest BCUT2D eigenvalue weighted by Gasteiger charge is -2.02. The molecule has 4 nitrogen and oxygen atoms in total. The van der Waals surface area contributed by atoms with Crippen LogP contribution in [-0.2, 0) is 7.05 Å². The zero-order chi connectivity index (χ0) is 10.1. The van der Waals surface area contributed by atoms with Gasteiger partial charge in [0.25, 0.3) is 0 Å². The largest absolute Gasteiger partial charge is 0.451 e. The number of furan rings is 1. The van der Waals surface area contributed by atoms with Crippen LogP contribution in [-0.4, -0.2) is 14.9 Å². The average Bonchev–Trinajstić information content (AvgIpc) is 2.73. The first-order chi connectivity index (χ1) is 6.66. The molecule has 2 aromatic heterocycles. The van der Waals surface area contributed by atoms with Crippen LogP contribution in [0.3, 0.4) is 0 Å². The number of rotatable bonds is 2. The molecule has 0 spiro atoms. The van der Waals surface area contributed by atoms with Gasteiger partial charge in [-0.2, -0.15) is 5.10 Å². The standard InChI is InChI=1S/C9H9BrN2O2/c1-12-5-4-6(11-12)9(13)7-2-3-8(10)14-7/h2-5,9,13H,1H3. The van der Waals surface area contributed by atoms with Gasteiger partial charge in [0, 0.05) is 13.2 Å². The smallest absolute Gasteiger partial charge is 0.169 e. The van der Waals surface area contributed by atoms with E-state index in [2.05, 4.69) is 21.0 Å². The van der Waals surface area contributed by atoms with Crippen LogP contribution < -0.4 is 0 Å². The van der Waals surface area contributed by atoms with Crippen LogP contribution in [0.25, 0.3) is 0 Å². The fraction of sp³-hybridized carbons (Fsp3) is 0.222. The van der Waals surface area contributed by atoms with Crippen molar-refractivity contribution < 1.29 is 9.52 Å². The van der Waals surface area contributed by atoms with Gasteiger partial charge in [0.15, 0.2) is 10.8 Å². The van der Waals surface area contributed by atoms with Crippen LogP contribution in [0.5, 0.6) is 0 Å². The van der Waals surface area contributed by atoms with E-state index in [1.807, 2.05) is 0 Å². The summed E-state index contributed by atoms with van der Waals surface area (Å²) in [6, 6.07) is 5.20. The molecule has 1 unspecified atom stereocenters. The third-order valence-corrected chi connectivity index (χ3v) is 2.30. The Bertz CT molecular complexity index is 395. The molecule has 0 fully saturated rings. The molecule has 0 aliphatic heterocycles. The minimum atomic E-state index is -0.803. The molecule has 0 radical (unpaired) electrons. The first-order valence-corrected chi connectivity index (χ1v) is 4.89. The van der Waals surface area contributed by atoms with Gasteiger partial charge in [-0.15, -0.1) is 0 Å². The van der Waals surface area contributed by atoms with Crippen molar-refractivity contribution in [3.8, 4) is 0 Å². The van der Waals surface area contributed by atoms with Crippen molar-refractivity contribution in [1.82, 2.24) is 9.78 Å². The summed E-state index contributed by atoms with van der Waals surface area (Å²) >= 11 is 3.17. The highest BCUT2D eigenvalue weighted by molar-refractivity contribution is 9.10. The molecule has 2 aromatic rings. The first kappa shape index (κ1) is 9.48. The molecule has 0 saturated heterocycles. The number of aliphatic hydroxyl groups is 1. The number of aliphatic hydroxyl groups excluding tert-OH is 1. The summed E-state index contributed by atoms with van der Waals surface area (Å²) in [7, 11) is 1.80. The highest BCUT2D eigenvalue weighted by Crippen LogP contribution is 2.24. The van der Waals surface area contributed by atoms with Crippen molar-refractivity contribution in [2.75, 3.05) is 0 Å². The van der Waals surface area contributed by atoms with E-state index in [0.717, 1.165) is 0 Å². The maximum Gasteiger partial charge on any atom is 0.169 e. The van der Waals surface area contributed by atoms with Gasteiger partial charge in [0.05, 0.1) is 5.69 Å². The van der Waals surface area contributed by atoms with Crippen molar-refractivity contribution in [3.63, 3.8) is 0 Å². The highest BCUT2D eigenvalue weighted by atomic mass is 79.9. The molecule has 0 aliphatic carbocycles. The molecule has 0 saturated carbocycles. The van der Waals surface area contributed by atoms with Crippen molar-refractivity contribution in [2.24, 2.45) is 7.05 Å². The van der Waals surface area contributed by atoms with E-state index in [9.17, 15) is 5.11 Å². The zero-order valence-corrected chi connectivity index (χ0v) is 9.10. The quantitative estimate of drug-likeness (QED) is 0.893. The van der Waals surface area contributed by atoms with E-state index in [1.165, 1.54) is 0 Å². The van der Waals surface area contributed by atoms with Crippen molar-refractivity contribution in [3.05, 3.63) is 40.5 Å². The second kappa shape index (κ2) is 3.59. The Morgan fingerprint density at radius 3 is 2.79 bits per heavy atom. The molecular weight excluding hydrogens is 248 g/mol. The fourth-order valence-corrected chi connectivity index (χ4v) is 1.52. The van der Waals surface area contributed by atoms with Crippen LogP contribution in [0.1, 0.15) is 17.6 Å². The van der Waals surface area contributed by atoms with E-state index in [1.54, 1.807) is 36.1 Å². The Hall–Kier alpha value is -1.07. The van der Waals surface area contributed by atoms with Crippen molar-refractivity contribution in [2.45, 2.75) is 6.10 Å². The molecule has 0 amide bonds. The summed E-state index contributed by atoms with van der Waals surface area (Å²) in [4.78, 5) is 0. The van der Waals surface area contributed by atoms with Crippen molar-refractivity contribution in [1.29, 1.82) is 0 Å². The average molecular weight is 257 g/mol. The summed E-state index contributed by atoms with van der Waals surface area (Å²) in [5.41, 5.74) is 0.578. The van der Waals surface area contributed by atoms with Gasteiger partial charge >= 0.3 is 0 Å². The van der Waals surface area contributed by atoms with Gasteiger partial charge in [0.1, 0.15) is 5.76 Å². The van der Waals surface area contributed by atoms with Crippen molar-refractivity contribution >= 4 is 15.9 Å². The molecule has 2 rings (SSSR count). The van der Waals surface area contributed by atoms with Gasteiger partial charge in [0.2, 0.25) is 0 Å². The van der Waals surface area contributed by atoms with Gasteiger partial charge in [-0.05, 0) is 34.1 Å². The van der Waals surface area contributed by atoms with Gasteiger partial charge in [-0.25, -0.2) is 0 Å². The molecule has 1 atom stereocenters. The van der Waals surface area contributed by atoms with E-state index >= 15 is 0 Å². The maximum absolute atomic E-state index is 9.83. The molecule has 1 N–H and O–H groups in total. The third-order valence-electron chi connectivity index (χ3n) is 1.88. The number of aromatic nitrogens is 2. The molecule has 74 valence electrons. The maximum atomic E-state index is 9.83.